The molecule has 1 fully saturated rings. The minimum Gasteiger partial charge on any atom is -0.368 e. The van der Waals surface area contributed by atoms with Crippen LogP contribution < -0.4 is 16.4 Å². The number of amides is 4. The molecule has 0 saturated carbocycles. The smallest absolute Gasteiger partial charge is 0.271 e. The average molecular weight is 470 g/mol. The van der Waals surface area contributed by atoms with Gasteiger partial charge >= 0.3 is 0 Å². The van der Waals surface area contributed by atoms with Gasteiger partial charge in [-0.25, -0.2) is 4.98 Å². The molecule has 11 nitrogen and oxygen atoms in total. The van der Waals surface area contributed by atoms with Crippen LogP contribution in [-0.2, 0) is 16.6 Å². The van der Waals surface area contributed by atoms with Crippen molar-refractivity contribution < 1.29 is 19.2 Å². The molecule has 0 unspecified atom stereocenters. The van der Waals surface area contributed by atoms with E-state index in [1.54, 1.807) is 29.9 Å². The lowest BCUT2D eigenvalue weighted by atomic mass is 9.94. The summed E-state index contributed by atoms with van der Waals surface area (Å²) in [4.78, 5) is 60.5. The molecule has 0 aliphatic carbocycles. The van der Waals surface area contributed by atoms with Crippen molar-refractivity contribution in [2.75, 3.05) is 6.54 Å². The number of aromatic nitrogens is 3. The van der Waals surface area contributed by atoms with Crippen LogP contribution in [0.25, 0.3) is 0 Å². The summed E-state index contributed by atoms with van der Waals surface area (Å²) >= 11 is 0. The fraction of sp³-hybridized carbons (Fsp3) is 0.478. The Labute approximate surface area is 198 Å². The number of aryl methyl sites for hydroxylation is 1. The molecule has 3 heterocycles. The number of hydrogen-bond donors (Lipinski definition) is 3. The number of hydrogen-bond acceptors (Lipinski definition) is 6. The van der Waals surface area contributed by atoms with Crippen molar-refractivity contribution in [3.05, 3.63) is 48.3 Å². The maximum absolute atomic E-state index is 13.3. The predicted molar refractivity (Wildman–Crippen MR) is 123 cm³/mol. The van der Waals surface area contributed by atoms with E-state index in [0.717, 1.165) is 0 Å². The lowest BCUT2D eigenvalue weighted by Crippen LogP contribution is -2.59. The average Bonchev–Trinajstić information content (AvgIpc) is 3.24. The molecule has 1 aliphatic heterocycles. The van der Waals surface area contributed by atoms with Crippen molar-refractivity contribution in [3.63, 3.8) is 0 Å². The van der Waals surface area contributed by atoms with E-state index in [-0.39, 0.29) is 36.5 Å². The lowest BCUT2D eigenvalue weighted by molar-refractivity contribution is -0.131. The highest BCUT2D eigenvalue weighted by Gasteiger charge is 2.39. The molecule has 11 heteroatoms. The molecular weight excluding hydrogens is 438 g/mol. The monoisotopic (exact) mass is 469 g/mol. The molecule has 182 valence electrons. The normalized spacial score (nSPS) is 18.9. The van der Waals surface area contributed by atoms with Crippen LogP contribution in [0.1, 0.15) is 54.1 Å². The number of likely N-dealkylation sites (tertiary alicyclic amines) is 1. The van der Waals surface area contributed by atoms with Crippen molar-refractivity contribution in [1.82, 2.24) is 30.1 Å². The van der Waals surface area contributed by atoms with Gasteiger partial charge in [-0.2, -0.15) is 0 Å². The van der Waals surface area contributed by atoms with Crippen LogP contribution in [0, 0.1) is 5.92 Å². The molecule has 34 heavy (non-hydrogen) atoms. The molecule has 2 aromatic rings. The summed E-state index contributed by atoms with van der Waals surface area (Å²) in [5.74, 6) is -1.69. The summed E-state index contributed by atoms with van der Waals surface area (Å²) < 4.78 is 1.68. The van der Waals surface area contributed by atoms with Crippen molar-refractivity contribution in [2.24, 2.45) is 18.7 Å². The zero-order chi connectivity index (χ0) is 24.8. The summed E-state index contributed by atoms with van der Waals surface area (Å²) in [7, 11) is 1.75. The molecule has 4 N–H and O–H groups in total. The minimum absolute atomic E-state index is 0.129. The van der Waals surface area contributed by atoms with E-state index in [9.17, 15) is 19.2 Å². The van der Waals surface area contributed by atoms with Crippen LogP contribution in [0.3, 0.4) is 0 Å². The quantitative estimate of drug-likeness (QED) is 0.503. The zero-order valence-electron chi connectivity index (χ0n) is 19.6. The number of primary amides is 1. The standard InChI is InChI=1S/C23H31N7O4/c1-14(2)11-16(20(24)31)28-22(33)19-12-15(27-21(32)17-13-25-7-8-26-17)6-10-30(19)23(34)18-5-4-9-29(18)3/h4-5,7-9,13-16,19H,6,10-12H2,1-3H3,(H2,24,31)(H,27,32)(H,28,33)/t15-,16+,19-/m0/s1. The van der Waals surface area contributed by atoms with Gasteiger partial charge in [-0.1, -0.05) is 13.8 Å². The van der Waals surface area contributed by atoms with E-state index in [0.29, 0.717) is 18.5 Å². The second-order valence-corrected chi connectivity index (χ2v) is 8.90. The Morgan fingerprint density at radius 1 is 1.24 bits per heavy atom. The second-order valence-electron chi connectivity index (χ2n) is 8.90. The molecule has 0 spiro atoms. The van der Waals surface area contributed by atoms with Crippen LogP contribution in [0.2, 0.25) is 0 Å². The van der Waals surface area contributed by atoms with E-state index in [1.807, 2.05) is 13.8 Å². The molecule has 1 aliphatic rings. The largest absolute Gasteiger partial charge is 0.368 e. The first-order chi connectivity index (χ1) is 16.2. The van der Waals surface area contributed by atoms with Crippen molar-refractivity contribution in [2.45, 2.75) is 51.2 Å². The molecular formula is C23H31N7O4. The van der Waals surface area contributed by atoms with Crippen molar-refractivity contribution in [1.29, 1.82) is 0 Å². The molecule has 4 amide bonds. The maximum Gasteiger partial charge on any atom is 0.271 e. The van der Waals surface area contributed by atoms with E-state index in [4.69, 9.17) is 5.73 Å². The van der Waals surface area contributed by atoms with Gasteiger partial charge in [0.25, 0.3) is 11.8 Å². The van der Waals surface area contributed by atoms with Gasteiger partial charge in [-0.15, -0.1) is 0 Å². The molecule has 3 atom stereocenters. The summed E-state index contributed by atoms with van der Waals surface area (Å²) in [5, 5.41) is 5.60. The van der Waals surface area contributed by atoms with Crippen LogP contribution in [0.15, 0.2) is 36.9 Å². The molecule has 0 aromatic carbocycles. The van der Waals surface area contributed by atoms with Crippen LogP contribution in [-0.4, -0.2) is 67.7 Å². The number of nitrogens with two attached hydrogens (primary N) is 1. The van der Waals surface area contributed by atoms with E-state index in [1.165, 1.54) is 23.5 Å². The topological polar surface area (TPSA) is 152 Å². The number of carbonyl (C=O) groups is 4. The first kappa shape index (κ1) is 24.9. The van der Waals surface area contributed by atoms with Gasteiger partial charge in [-0.05, 0) is 37.3 Å². The van der Waals surface area contributed by atoms with E-state index in [2.05, 4.69) is 20.6 Å². The Morgan fingerprint density at radius 2 is 2.00 bits per heavy atom. The van der Waals surface area contributed by atoms with Gasteiger partial charge in [0, 0.05) is 38.2 Å². The Morgan fingerprint density at radius 3 is 2.59 bits per heavy atom. The molecule has 0 radical (unpaired) electrons. The maximum atomic E-state index is 13.3. The third kappa shape index (κ3) is 5.97. The number of nitrogens with one attached hydrogen (secondary N) is 2. The third-order valence-electron chi connectivity index (χ3n) is 5.83. The fourth-order valence-electron chi connectivity index (χ4n) is 4.08. The predicted octanol–water partition coefficient (Wildman–Crippen LogP) is 0.235. The summed E-state index contributed by atoms with van der Waals surface area (Å²) in [6.45, 7) is 4.09. The van der Waals surface area contributed by atoms with Crippen LogP contribution >= 0.6 is 0 Å². The van der Waals surface area contributed by atoms with E-state index >= 15 is 0 Å². The number of carbonyl (C=O) groups excluding carboxylic acids is 4. The van der Waals surface area contributed by atoms with Gasteiger partial charge in [0.05, 0.1) is 6.20 Å². The first-order valence-electron chi connectivity index (χ1n) is 11.3. The first-order valence-corrected chi connectivity index (χ1v) is 11.3. The highest BCUT2D eigenvalue weighted by molar-refractivity contribution is 5.98. The second kappa shape index (κ2) is 10.9. The summed E-state index contributed by atoms with van der Waals surface area (Å²) in [6.07, 6.45) is 7.02. The highest BCUT2D eigenvalue weighted by atomic mass is 16.2. The Bertz CT molecular complexity index is 1040. The Hall–Kier alpha value is -3.76. The number of nitrogens with zero attached hydrogens (tertiary/aromatic N) is 4. The lowest BCUT2D eigenvalue weighted by Gasteiger charge is -2.39. The third-order valence-corrected chi connectivity index (χ3v) is 5.83. The SMILES string of the molecule is CC(C)C[C@@H](NC(=O)[C@@H]1C[C@@H](NC(=O)c2cnccn2)CCN1C(=O)c1cccn1C)C(N)=O. The highest BCUT2D eigenvalue weighted by Crippen LogP contribution is 2.22. The van der Waals surface area contributed by atoms with Crippen LogP contribution in [0.5, 0.6) is 0 Å². The molecule has 3 rings (SSSR count). The van der Waals surface area contributed by atoms with Gasteiger partial charge in [-0.3, -0.25) is 24.2 Å². The van der Waals surface area contributed by atoms with Gasteiger partial charge in [0.1, 0.15) is 23.5 Å². The van der Waals surface area contributed by atoms with Gasteiger partial charge in [0.2, 0.25) is 11.8 Å². The Balaban J connectivity index is 1.80. The van der Waals surface area contributed by atoms with Gasteiger partial charge in [0.15, 0.2) is 0 Å². The van der Waals surface area contributed by atoms with Crippen LogP contribution in [0.4, 0.5) is 0 Å². The van der Waals surface area contributed by atoms with Gasteiger partial charge < -0.3 is 25.8 Å². The number of rotatable bonds is 8. The minimum atomic E-state index is -0.891. The molecule has 2 aromatic heterocycles. The molecule has 0 bridgehead atoms. The zero-order valence-corrected chi connectivity index (χ0v) is 19.6. The van der Waals surface area contributed by atoms with Crippen molar-refractivity contribution in [3.8, 4) is 0 Å². The number of piperidine rings is 1. The summed E-state index contributed by atoms with van der Waals surface area (Å²) in [6, 6.07) is 1.32. The van der Waals surface area contributed by atoms with E-state index < -0.39 is 29.8 Å². The fourth-order valence-corrected chi connectivity index (χ4v) is 4.08. The Kier molecular flexibility index (Phi) is 7.98. The van der Waals surface area contributed by atoms with Crippen molar-refractivity contribution >= 4 is 23.6 Å². The summed E-state index contributed by atoms with van der Waals surface area (Å²) in [5.41, 5.74) is 6.11. The molecule has 1 saturated heterocycles.